The highest BCUT2D eigenvalue weighted by molar-refractivity contribution is 5.99. The topological polar surface area (TPSA) is 59.7 Å². The van der Waals surface area contributed by atoms with Crippen molar-refractivity contribution in [2.45, 2.75) is 6.92 Å². The number of fused-ring (bicyclic) bond motifs is 1. The van der Waals surface area contributed by atoms with E-state index in [0.29, 0.717) is 17.6 Å². The highest BCUT2D eigenvalue weighted by Crippen LogP contribution is 2.36. The molecule has 0 unspecified atom stereocenters. The first-order chi connectivity index (χ1) is 10.2. The van der Waals surface area contributed by atoms with Crippen LogP contribution in [0, 0.1) is 0 Å². The minimum Gasteiger partial charge on any atom is -0.489 e. The van der Waals surface area contributed by atoms with E-state index < -0.39 is 5.97 Å². The Bertz CT molecular complexity index is 787. The van der Waals surface area contributed by atoms with Gasteiger partial charge in [0.25, 0.3) is 5.76 Å². The molecule has 4 heteroatoms. The summed E-state index contributed by atoms with van der Waals surface area (Å²) in [7, 11) is 0. The zero-order valence-electron chi connectivity index (χ0n) is 11.5. The van der Waals surface area contributed by atoms with E-state index in [-0.39, 0.29) is 11.5 Å². The van der Waals surface area contributed by atoms with Crippen LogP contribution >= 0.6 is 0 Å². The average molecular weight is 282 g/mol. The number of hydrogen-bond donors (Lipinski definition) is 1. The van der Waals surface area contributed by atoms with Crippen molar-refractivity contribution in [2.24, 2.45) is 0 Å². The van der Waals surface area contributed by atoms with Crippen molar-refractivity contribution in [1.82, 2.24) is 0 Å². The highest BCUT2D eigenvalue weighted by Gasteiger charge is 2.21. The molecule has 0 aliphatic rings. The summed E-state index contributed by atoms with van der Waals surface area (Å²) in [6.07, 6.45) is 0. The molecule has 0 radical (unpaired) electrons. The van der Waals surface area contributed by atoms with Crippen LogP contribution in [0.25, 0.3) is 22.1 Å². The summed E-state index contributed by atoms with van der Waals surface area (Å²) >= 11 is 0. The van der Waals surface area contributed by atoms with E-state index >= 15 is 0 Å². The third kappa shape index (κ3) is 2.36. The molecule has 2 aromatic carbocycles. The second-order valence-electron chi connectivity index (χ2n) is 4.58. The lowest BCUT2D eigenvalue weighted by Gasteiger charge is -2.03. The highest BCUT2D eigenvalue weighted by atomic mass is 16.5. The molecule has 0 saturated heterocycles. The van der Waals surface area contributed by atoms with Gasteiger partial charge in [-0.2, -0.15) is 0 Å². The molecule has 21 heavy (non-hydrogen) atoms. The maximum absolute atomic E-state index is 11.2. The molecular formula is C17H14O4. The van der Waals surface area contributed by atoms with E-state index in [0.717, 1.165) is 11.1 Å². The van der Waals surface area contributed by atoms with Gasteiger partial charge in [-0.25, -0.2) is 4.79 Å². The smallest absolute Gasteiger partial charge is 0.375 e. The van der Waals surface area contributed by atoms with Crippen LogP contribution in [-0.2, 0) is 0 Å². The number of rotatable bonds is 4. The molecule has 0 aliphatic carbocycles. The molecule has 4 nitrogen and oxygen atoms in total. The minimum atomic E-state index is -1.13. The van der Waals surface area contributed by atoms with Crippen molar-refractivity contribution in [3.63, 3.8) is 0 Å². The van der Waals surface area contributed by atoms with Crippen LogP contribution in [0.5, 0.6) is 5.75 Å². The quantitative estimate of drug-likeness (QED) is 0.779. The van der Waals surface area contributed by atoms with Crippen molar-refractivity contribution in [3.8, 4) is 16.9 Å². The number of carbonyl (C=O) groups is 1. The molecule has 0 amide bonds. The van der Waals surface area contributed by atoms with Crippen molar-refractivity contribution in [3.05, 3.63) is 54.3 Å². The van der Waals surface area contributed by atoms with Gasteiger partial charge in [-0.1, -0.05) is 36.4 Å². The summed E-state index contributed by atoms with van der Waals surface area (Å²) in [5.74, 6) is -0.995. The standard InChI is InChI=1S/C17H14O4/c1-2-20-15-13-10-12(11-6-4-3-5-7-11)8-9-14(13)21-16(15)17(18)19/h3-10H,2H2,1H3,(H,18,19). The summed E-state index contributed by atoms with van der Waals surface area (Å²) in [6.45, 7) is 2.19. The van der Waals surface area contributed by atoms with Crippen LogP contribution < -0.4 is 4.74 Å². The molecule has 3 rings (SSSR count). The predicted octanol–water partition coefficient (Wildman–Crippen LogP) is 4.20. The lowest BCUT2D eigenvalue weighted by molar-refractivity contribution is 0.0659. The molecule has 1 heterocycles. The molecule has 0 saturated carbocycles. The Balaban J connectivity index is 2.20. The number of ether oxygens (including phenoxy) is 1. The number of furan rings is 1. The fourth-order valence-electron chi connectivity index (χ4n) is 2.31. The van der Waals surface area contributed by atoms with Crippen molar-refractivity contribution >= 4 is 16.9 Å². The van der Waals surface area contributed by atoms with Gasteiger partial charge < -0.3 is 14.3 Å². The monoisotopic (exact) mass is 282 g/mol. The van der Waals surface area contributed by atoms with Gasteiger partial charge in [-0.05, 0) is 30.2 Å². The largest absolute Gasteiger partial charge is 0.489 e. The molecule has 0 bridgehead atoms. The molecule has 106 valence electrons. The summed E-state index contributed by atoms with van der Waals surface area (Å²) in [5, 5.41) is 9.88. The van der Waals surface area contributed by atoms with E-state index in [2.05, 4.69) is 0 Å². The third-order valence-corrected chi connectivity index (χ3v) is 3.23. The van der Waals surface area contributed by atoms with Crippen LogP contribution in [0.2, 0.25) is 0 Å². The second kappa shape index (κ2) is 5.32. The fourth-order valence-corrected chi connectivity index (χ4v) is 2.31. The Morgan fingerprint density at radius 1 is 1.14 bits per heavy atom. The van der Waals surface area contributed by atoms with Crippen molar-refractivity contribution < 1.29 is 19.1 Å². The van der Waals surface area contributed by atoms with Gasteiger partial charge in [0.05, 0.1) is 12.0 Å². The zero-order chi connectivity index (χ0) is 14.8. The summed E-state index contributed by atoms with van der Waals surface area (Å²) in [5.41, 5.74) is 2.55. The first kappa shape index (κ1) is 13.2. The Morgan fingerprint density at radius 2 is 1.90 bits per heavy atom. The Morgan fingerprint density at radius 3 is 2.57 bits per heavy atom. The lowest BCUT2D eigenvalue weighted by Crippen LogP contribution is -1.99. The van der Waals surface area contributed by atoms with E-state index in [1.54, 1.807) is 6.07 Å². The summed E-state index contributed by atoms with van der Waals surface area (Å²) in [4.78, 5) is 11.2. The Hall–Kier alpha value is -2.75. The summed E-state index contributed by atoms with van der Waals surface area (Å²) < 4.78 is 10.8. The zero-order valence-corrected chi connectivity index (χ0v) is 11.5. The van der Waals surface area contributed by atoms with Crippen LogP contribution in [0.15, 0.2) is 52.9 Å². The number of aromatic carboxylic acids is 1. The first-order valence-electron chi connectivity index (χ1n) is 6.68. The van der Waals surface area contributed by atoms with E-state index in [9.17, 15) is 9.90 Å². The maximum atomic E-state index is 11.2. The molecule has 1 aromatic heterocycles. The average Bonchev–Trinajstić information content (AvgIpc) is 2.87. The van der Waals surface area contributed by atoms with E-state index in [4.69, 9.17) is 9.15 Å². The fraction of sp³-hybridized carbons (Fsp3) is 0.118. The van der Waals surface area contributed by atoms with Gasteiger partial charge in [0.15, 0.2) is 5.75 Å². The first-order valence-corrected chi connectivity index (χ1v) is 6.68. The number of benzene rings is 2. The third-order valence-electron chi connectivity index (χ3n) is 3.23. The van der Waals surface area contributed by atoms with E-state index in [1.807, 2.05) is 49.4 Å². The number of carboxylic acid groups (broad SMARTS) is 1. The van der Waals surface area contributed by atoms with Crippen LogP contribution in [0.4, 0.5) is 0 Å². The number of carboxylic acids is 1. The minimum absolute atomic E-state index is 0.155. The van der Waals surface area contributed by atoms with Crippen LogP contribution in [0.1, 0.15) is 17.5 Å². The predicted molar refractivity (Wildman–Crippen MR) is 79.8 cm³/mol. The van der Waals surface area contributed by atoms with Crippen molar-refractivity contribution in [1.29, 1.82) is 0 Å². The molecule has 0 aliphatic heterocycles. The molecule has 1 N–H and O–H groups in total. The van der Waals surface area contributed by atoms with Crippen LogP contribution in [-0.4, -0.2) is 17.7 Å². The second-order valence-corrected chi connectivity index (χ2v) is 4.58. The van der Waals surface area contributed by atoms with Gasteiger partial charge >= 0.3 is 5.97 Å². The van der Waals surface area contributed by atoms with E-state index in [1.165, 1.54) is 0 Å². The van der Waals surface area contributed by atoms with Gasteiger partial charge in [-0.3, -0.25) is 0 Å². The van der Waals surface area contributed by atoms with Crippen molar-refractivity contribution in [2.75, 3.05) is 6.61 Å². The van der Waals surface area contributed by atoms with Gasteiger partial charge in [0, 0.05) is 0 Å². The summed E-state index contributed by atoms with van der Waals surface area (Å²) in [6, 6.07) is 15.4. The molecule has 0 fully saturated rings. The number of hydrogen-bond acceptors (Lipinski definition) is 3. The maximum Gasteiger partial charge on any atom is 0.375 e. The van der Waals surface area contributed by atoms with Gasteiger partial charge in [0.1, 0.15) is 5.58 Å². The molecule has 0 spiro atoms. The van der Waals surface area contributed by atoms with Crippen LogP contribution in [0.3, 0.4) is 0 Å². The Kier molecular flexibility index (Phi) is 3.36. The van der Waals surface area contributed by atoms with Gasteiger partial charge in [0.2, 0.25) is 0 Å². The lowest BCUT2D eigenvalue weighted by atomic mass is 10.0. The molecular weight excluding hydrogens is 268 g/mol. The van der Waals surface area contributed by atoms with Gasteiger partial charge in [-0.15, -0.1) is 0 Å². The molecule has 3 aromatic rings. The normalized spacial score (nSPS) is 10.7. The molecule has 0 atom stereocenters. The Labute approximate surface area is 121 Å². The SMILES string of the molecule is CCOc1c(C(=O)O)oc2ccc(-c3ccccc3)cc12.